The zero-order valence-electron chi connectivity index (χ0n) is 17.7. The molecule has 30 heavy (non-hydrogen) atoms. The summed E-state index contributed by atoms with van der Waals surface area (Å²) in [7, 11) is -2.10. The highest BCUT2D eigenvalue weighted by atomic mass is 32.2. The maximum absolute atomic E-state index is 13.2. The molecule has 7 nitrogen and oxygen atoms in total. The molecule has 1 N–H and O–H groups in total. The van der Waals surface area contributed by atoms with Crippen LogP contribution in [0.4, 0.5) is 11.4 Å². The molecule has 0 atom stereocenters. The molecule has 1 fully saturated rings. The van der Waals surface area contributed by atoms with Crippen LogP contribution in [0, 0.1) is 0 Å². The van der Waals surface area contributed by atoms with Crippen molar-refractivity contribution >= 4 is 27.3 Å². The van der Waals surface area contributed by atoms with Crippen LogP contribution < -0.4 is 15.0 Å². The summed E-state index contributed by atoms with van der Waals surface area (Å²) >= 11 is 0. The smallest absolute Gasteiger partial charge is 0.257 e. The van der Waals surface area contributed by atoms with Gasteiger partial charge in [-0.1, -0.05) is 19.9 Å². The van der Waals surface area contributed by atoms with Crippen LogP contribution in [0.5, 0.6) is 5.75 Å². The maximum atomic E-state index is 13.2. The largest absolute Gasteiger partial charge is 0.497 e. The number of methoxy groups -OCH3 is 1. The first-order chi connectivity index (χ1) is 14.4. The molecule has 0 aromatic heterocycles. The fourth-order valence-corrected chi connectivity index (χ4v) is 5.19. The van der Waals surface area contributed by atoms with E-state index >= 15 is 0 Å². The summed E-state index contributed by atoms with van der Waals surface area (Å²) in [4.78, 5) is 15.5. The van der Waals surface area contributed by atoms with Gasteiger partial charge in [-0.2, -0.15) is 4.31 Å². The van der Waals surface area contributed by atoms with Crippen molar-refractivity contribution in [3.05, 3.63) is 48.0 Å². The van der Waals surface area contributed by atoms with E-state index in [1.807, 2.05) is 0 Å². The van der Waals surface area contributed by atoms with E-state index in [1.165, 1.54) is 10.4 Å². The summed E-state index contributed by atoms with van der Waals surface area (Å²) in [6, 6.07) is 11.9. The third kappa shape index (κ3) is 4.60. The molecular weight excluding hydrogens is 402 g/mol. The maximum Gasteiger partial charge on any atom is 0.257 e. The molecule has 1 aliphatic rings. The van der Waals surface area contributed by atoms with Crippen molar-refractivity contribution in [3.63, 3.8) is 0 Å². The zero-order valence-corrected chi connectivity index (χ0v) is 18.5. The number of carbonyl (C=O) groups excluding carboxylic acids is 1. The Hall–Kier alpha value is -2.58. The lowest BCUT2D eigenvalue weighted by Crippen LogP contribution is -2.31. The van der Waals surface area contributed by atoms with Gasteiger partial charge in [0, 0.05) is 43.6 Å². The molecule has 0 saturated carbocycles. The first kappa shape index (κ1) is 22.1. The van der Waals surface area contributed by atoms with Gasteiger partial charge in [0.15, 0.2) is 0 Å². The van der Waals surface area contributed by atoms with E-state index in [0.29, 0.717) is 30.1 Å². The predicted octanol–water partition coefficient (Wildman–Crippen LogP) is 3.58. The Kier molecular flexibility index (Phi) is 6.99. The van der Waals surface area contributed by atoms with Gasteiger partial charge >= 0.3 is 0 Å². The topological polar surface area (TPSA) is 79.0 Å². The van der Waals surface area contributed by atoms with E-state index in [-0.39, 0.29) is 10.8 Å². The minimum Gasteiger partial charge on any atom is -0.497 e. The van der Waals surface area contributed by atoms with Crippen molar-refractivity contribution < 1.29 is 17.9 Å². The number of hydrogen-bond donors (Lipinski definition) is 1. The van der Waals surface area contributed by atoms with Crippen molar-refractivity contribution in [1.29, 1.82) is 0 Å². The Morgan fingerprint density at radius 2 is 1.80 bits per heavy atom. The second kappa shape index (κ2) is 9.49. The van der Waals surface area contributed by atoms with Crippen molar-refractivity contribution in [1.82, 2.24) is 4.31 Å². The Morgan fingerprint density at radius 3 is 2.43 bits per heavy atom. The summed E-state index contributed by atoms with van der Waals surface area (Å²) < 4.78 is 32.6. The fraction of sp³-hybridized carbons (Fsp3) is 0.409. The molecule has 162 valence electrons. The van der Waals surface area contributed by atoms with Crippen LogP contribution in [0.25, 0.3) is 0 Å². The zero-order chi connectivity index (χ0) is 21.7. The van der Waals surface area contributed by atoms with Crippen molar-refractivity contribution in [2.45, 2.75) is 31.6 Å². The average molecular weight is 432 g/mol. The van der Waals surface area contributed by atoms with Gasteiger partial charge in [-0.15, -0.1) is 0 Å². The molecule has 0 bridgehead atoms. The van der Waals surface area contributed by atoms with Crippen LogP contribution >= 0.6 is 0 Å². The number of carbonyl (C=O) groups is 1. The van der Waals surface area contributed by atoms with Gasteiger partial charge in [0.05, 0.1) is 17.6 Å². The molecule has 2 aromatic rings. The van der Waals surface area contributed by atoms with E-state index in [4.69, 9.17) is 4.74 Å². The van der Waals surface area contributed by atoms with Gasteiger partial charge in [0.1, 0.15) is 5.75 Å². The fourth-order valence-electron chi connectivity index (χ4n) is 3.70. The minimum atomic E-state index is -3.67. The molecule has 2 aromatic carbocycles. The van der Waals surface area contributed by atoms with Crippen molar-refractivity contribution in [3.8, 4) is 5.75 Å². The molecule has 1 saturated heterocycles. The number of hydrogen-bond acceptors (Lipinski definition) is 5. The lowest BCUT2D eigenvalue weighted by atomic mass is 10.1. The number of ether oxygens (including phenoxy) is 1. The Morgan fingerprint density at radius 1 is 1.10 bits per heavy atom. The van der Waals surface area contributed by atoms with E-state index in [2.05, 4.69) is 10.2 Å². The number of nitrogens with one attached hydrogen (secondary N) is 1. The van der Waals surface area contributed by atoms with Crippen molar-refractivity contribution in [2.24, 2.45) is 0 Å². The number of anilines is 2. The number of amides is 1. The summed E-state index contributed by atoms with van der Waals surface area (Å²) in [5, 5.41) is 2.88. The highest BCUT2D eigenvalue weighted by Crippen LogP contribution is 2.29. The Balaban J connectivity index is 2.01. The summed E-state index contributed by atoms with van der Waals surface area (Å²) in [5.41, 5.74) is 1.70. The quantitative estimate of drug-likeness (QED) is 0.691. The van der Waals surface area contributed by atoms with Crippen LogP contribution in [0.15, 0.2) is 47.4 Å². The average Bonchev–Trinajstić information content (AvgIpc) is 3.29. The van der Waals surface area contributed by atoms with Gasteiger partial charge in [0.25, 0.3) is 5.91 Å². The second-order valence-electron chi connectivity index (χ2n) is 7.15. The van der Waals surface area contributed by atoms with E-state index < -0.39 is 10.0 Å². The summed E-state index contributed by atoms with van der Waals surface area (Å²) in [6.07, 6.45) is 2.10. The summed E-state index contributed by atoms with van der Waals surface area (Å²) in [5.74, 6) is 0.284. The van der Waals surface area contributed by atoms with Gasteiger partial charge in [0.2, 0.25) is 10.0 Å². The molecule has 0 aliphatic carbocycles. The van der Waals surface area contributed by atoms with Gasteiger partial charge in [-0.05, 0) is 43.2 Å². The molecule has 8 heteroatoms. The molecule has 3 rings (SSSR count). The monoisotopic (exact) mass is 431 g/mol. The number of benzene rings is 2. The summed E-state index contributed by atoms with van der Waals surface area (Å²) in [6.45, 7) is 6.05. The highest BCUT2D eigenvalue weighted by molar-refractivity contribution is 7.89. The molecule has 1 aliphatic heterocycles. The number of sulfonamides is 1. The predicted molar refractivity (Wildman–Crippen MR) is 119 cm³/mol. The first-order valence-electron chi connectivity index (χ1n) is 10.2. The molecular formula is C22H29N3O4S. The van der Waals surface area contributed by atoms with E-state index in [1.54, 1.807) is 57.4 Å². The molecule has 0 unspecified atom stereocenters. The molecule has 1 heterocycles. The minimum absolute atomic E-state index is 0.130. The van der Waals surface area contributed by atoms with Crippen LogP contribution in [0.3, 0.4) is 0 Å². The molecule has 1 amide bonds. The van der Waals surface area contributed by atoms with Gasteiger partial charge < -0.3 is 15.0 Å². The van der Waals surface area contributed by atoms with Crippen LogP contribution in [-0.2, 0) is 10.0 Å². The van der Waals surface area contributed by atoms with Gasteiger partial charge in [-0.25, -0.2) is 8.42 Å². The lowest BCUT2D eigenvalue weighted by molar-refractivity contribution is 0.102. The molecule has 0 radical (unpaired) electrons. The number of nitrogens with zero attached hydrogens (tertiary/aromatic N) is 2. The second-order valence-corrected chi connectivity index (χ2v) is 9.09. The van der Waals surface area contributed by atoms with Crippen LogP contribution in [0.1, 0.15) is 37.0 Å². The van der Waals surface area contributed by atoms with Crippen LogP contribution in [-0.4, -0.2) is 51.9 Å². The highest BCUT2D eigenvalue weighted by Gasteiger charge is 2.26. The third-order valence-corrected chi connectivity index (χ3v) is 7.38. The Bertz CT molecular complexity index is 997. The standard InChI is InChI=1S/C22H29N3O4S/c1-4-25(5-2)30(27,28)19-11-12-21(24-13-6-7-14-24)20(16-19)22(26)23-17-9-8-10-18(15-17)29-3/h8-12,15-16H,4-7,13-14H2,1-3H3,(H,23,26). The first-order valence-corrected chi connectivity index (χ1v) is 11.7. The molecule has 0 spiro atoms. The Labute approximate surface area is 178 Å². The SMILES string of the molecule is CCN(CC)S(=O)(=O)c1ccc(N2CCCC2)c(C(=O)Nc2cccc(OC)c2)c1. The van der Waals surface area contributed by atoms with Gasteiger partial charge in [-0.3, -0.25) is 4.79 Å². The van der Waals surface area contributed by atoms with Crippen LogP contribution in [0.2, 0.25) is 0 Å². The lowest BCUT2D eigenvalue weighted by Gasteiger charge is -2.23. The van der Waals surface area contributed by atoms with E-state index in [9.17, 15) is 13.2 Å². The van der Waals surface area contributed by atoms with Crippen molar-refractivity contribution in [2.75, 3.05) is 43.5 Å². The number of rotatable bonds is 8. The van der Waals surface area contributed by atoms with E-state index in [0.717, 1.165) is 31.6 Å². The normalized spacial score (nSPS) is 14.2. The third-order valence-electron chi connectivity index (χ3n) is 5.33.